The summed E-state index contributed by atoms with van der Waals surface area (Å²) in [6.45, 7) is 2.17. The third-order valence-electron chi connectivity index (χ3n) is 7.86. The Hall–Kier alpha value is -4.66. The van der Waals surface area contributed by atoms with Crippen molar-refractivity contribution in [1.82, 2.24) is 4.57 Å². The van der Waals surface area contributed by atoms with Crippen LogP contribution >= 0.6 is 11.3 Å². The lowest BCUT2D eigenvalue weighted by Gasteiger charge is -2.15. The highest BCUT2D eigenvalue weighted by Crippen LogP contribution is 2.41. The topological polar surface area (TPSA) is 4.93 Å². The predicted octanol–water partition coefficient (Wildman–Crippen LogP) is 10.8. The van der Waals surface area contributed by atoms with Crippen molar-refractivity contribution < 1.29 is 0 Å². The Morgan fingerprint density at radius 3 is 2.08 bits per heavy atom. The first-order valence-corrected chi connectivity index (χ1v) is 14.2. The monoisotopic (exact) mass is 515 g/mol. The summed E-state index contributed by atoms with van der Waals surface area (Å²) in [5.41, 5.74) is 9.92. The van der Waals surface area contributed by atoms with Crippen molar-refractivity contribution in [2.45, 2.75) is 6.92 Å². The zero-order chi connectivity index (χ0) is 25.9. The summed E-state index contributed by atoms with van der Waals surface area (Å²) >= 11 is 1.87. The van der Waals surface area contributed by atoms with Crippen LogP contribution in [0.3, 0.4) is 0 Å². The number of benzene rings is 6. The highest BCUT2D eigenvalue weighted by atomic mass is 32.1. The molecule has 0 saturated heterocycles. The summed E-state index contributed by atoms with van der Waals surface area (Å²) in [6, 6.07) is 48.8. The van der Waals surface area contributed by atoms with E-state index in [0.717, 1.165) is 0 Å². The van der Waals surface area contributed by atoms with Crippen LogP contribution in [0.4, 0.5) is 0 Å². The Morgan fingerprint density at radius 2 is 1.15 bits per heavy atom. The molecule has 0 N–H and O–H groups in total. The van der Waals surface area contributed by atoms with E-state index < -0.39 is 0 Å². The minimum atomic E-state index is 1.20. The first-order chi connectivity index (χ1) is 19.3. The summed E-state index contributed by atoms with van der Waals surface area (Å²) in [4.78, 5) is 0. The number of hydrogen-bond donors (Lipinski definition) is 0. The summed E-state index contributed by atoms with van der Waals surface area (Å²) in [7, 11) is 0. The van der Waals surface area contributed by atoms with Gasteiger partial charge in [-0.25, -0.2) is 0 Å². The molecule has 2 heteroatoms. The van der Waals surface area contributed by atoms with Crippen LogP contribution in [-0.2, 0) is 0 Å². The molecule has 39 heavy (non-hydrogen) atoms. The molecule has 1 nitrogen and oxygen atoms in total. The molecule has 0 aliphatic carbocycles. The average molecular weight is 516 g/mol. The van der Waals surface area contributed by atoms with Gasteiger partial charge in [-0.2, -0.15) is 0 Å². The van der Waals surface area contributed by atoms with E-state index in [1.807, 2.05) is 11.3 Å². The summed E-state index contributed by atoms with van der Waals surface area (Å²) in [6.07, 6.45) is 0. The van der Waals surface area contributed by atoms with Crippen LogP contribution in [0.2, 0.25) is 0 Å². The standard InChI is InChI=1S/C37H25NS/c1-24-20-21-30-29-13-3-6-17-33(29)38(34(30)22-24)32-16-5-2-12-27(32)25-10-8-11-26(23-25)28-15-9-19-36-37(28)31-14-4-7-18-35(31)39-36/h2-23H,1H3. The van der Waals surface area contributed by atoms with Crippen molar-refractivity contribution in [3.05, 3.63) is 139 Å². The fraction of sp³-hybridized carbons (Fsp3) is 0.0270. The van der Waals surface area contributed by atoms with Gasteiger partial charge in [0.05, 0.1) is 16.7 Å². The number of hydrogen-bond acceptors (Lipinski definition) is 1. The van der Waals surface area contributed by atoms with Gasteiger partial charge in [-0.05, 0) is 65.6 Å². The predicted molar refractivity (Wildman–Crippen MR) is 169 cm³/mol. The molecule has 0 amide bonds. The largest absolute Gasteiger partial charge is 0.309 e. The van der Waals surface area contributed by atoms with Crippen molar-refractivity contribution in [3.63, 3.8) is 0 Å². The van der Waals surface area contributed by atoms with Gasteiger partial charge in [-0.15, -0.1) is 11.3 Å². The number of fused-ring (bicyclic) bond motifs is 6. The van der Waals surface area contributed by atoms with Crippen LogP contribution in [0.1, 0.15) is 5.56 Å². The van der Waals surface area contributed by atoms with Crippen molar-refractivity contribution in [2.75, 3.05) is 0 Å². The smallest absolute Gasteiger partial charge is 0.0543 e. The lowest BCUT2D eigenvalue weighted by Crippen LogP contribution is -1.97. The summed E-state index contributed by atoms with van der Waals surface area (Å²) in [5, 5.41) is 5.25. The lowest BCUT2D eigenvalue weighted by atomic mass is 9.95. The van der Waals surface area contributed by atoms with Gasteiger partial charge in [0, 0.05) is 36.5 Å². The third kappa shape index (κ3) is 3.46. The van der Waals surface area contributed by atoms with Gasteiger partial charge in [0.2, 0.25) is 0 Å². The first kappa shape index (κ1) is 22.3. The number of aromatic nitrogens is 1. The minimum Gasteiger partial charge on any atom is -0.309 e. The summed E-state index contributed by atoms with van der Waals surface area (Å²) < 4.78 is 5.11. The van der Waals surface area contributed by atoms with Crippen molar-refractivity contribution in [3.8, 4) is 27.9 Å². The molecule has 0 atom stereocenters. The van der Waals surface area contributed by atoms with Gasteiger partial charge in [-0.3, -0.25) is 0 Å². The zero-order valence-electron chi connectivity index (χ0n) is 21.6. The molecule has 0 aliphatic heterocycles. The molecule has 0 saturated carbocycles. The SMILES string of the molecule is Cc1ccc2c3ccccc3n(-c3ccccc3-c3cccc(-c4cccc5sc6ccccc6c45)c3)c2c1. The van der Waals surface area contributed by atoms with Crippen LogP contribution in [0.15, 0.2) is 133 Å². The second kappa shape index (κ2) is 8.69. The number of aryl methyl sites for hydroxylation is 1. The molecule has 0 aliphatic rings. The number of para-hydroxylation sites is 2. The molecule has 0 spiro atoms. The Labute approximate surface area is 231 Å². The Balaban J connectivity index is 1.37. The molecular formula is C37H25NS. The van der Waals surface area contributed by atoms with Gasteiger partial charge >= 0.3 is 0 Å². The maximum absolute atomic E-state index is 2.44. The van der Waals surface area contributed by atoms with Gasteiger partial charge in [0.25, 0.3) is 0 Å². The lowest BCUT2D eigenvalue weighted by molar-refractivity contribution is 1.18. The van der Waals surface area contributed by atoms with E-state index in [0.29, 0.717) is 0 Å². The van der Waals surface area contributed by atoms with Crippen molar-refractivity contribution in [1.29, 1.82) is 0 Å². The van der Waals surface area contributed by atoms with Crippen LogP contribution in [0.25, 0.3) is 69.9 Å². The van der Waals surface area contributed by atoms with Crippen LogP contribution in [0, 0.1) is 6.92 Å². The van der Waals surface area contributed by atoms with Crippen LogP contribution < -0.4 is 0 Å². The van der Waals surface area contributed by atoms with E-state index in [9.17, 15) is 0 Å². The number of rotatable bonds is 3. The number of nitrogens with zero attached hydrogens (tertiary/aromatic N) is 1. The highest BCUT2D eigenvalue weighted by Gasteiger charge is 2.16. The molecule has 2 heterocycles. The fourth-order valence-electron chi connectivity index (χ4n) is 6.12. The van der Waals surface area contributed by atoms with E-state index in [2.05, 4.69) is 145 Å². The molecule has 0 fully saturated rings. The maximum atomic E-state index is 2.44. The molecule has 184 valence electrons. The zero-order valence-corrected chi connectivity index (χ0v) is 22.4. The molecule has 8 rings (SSSR count). The van der Waals surface area contributed by atoms with Gasteiger partial charge in [-0.1, -0.05) is 97.1 Å². The van der Waals surface area contributed by atoms with Gasteiger partial charge < -0.3 is 4.57 Å². The van der Waals surface area contributed by atoms with E-state index in [1.54, 1.807) is 0 Å². The molecule has 2 aromatic heterocycles. The summed E-state index contributed by atoms with van der Waals surface area (Å²) in [5.74, 6) is 0. The van der Waals surface area contributed by atoms with Gasteiger partial charge in [0.1, 0.15) is 0 Å². The van der Waals surface area contributed by atoms with Crippen LogP contribution in [-0.4, -0.2) is 4.57 Å². The fourth-order valence-corrected chi connectivity index (χ4v) is 7.25. The van der Waals surface area contributed by atoms with E-state index >= 15 is 0 Å². The normalized spacial score (nSPS) is 11.7. The second-order valence-corrected chi connectivity index (χ2v) is 11.3. The van der Waals surface area contributed by atoms with Crippen LogP contribution in [0.5, 0.6) is 0 Å². The quantitative estimate of drug-likeness (QED) is 0.220. The average Bonchev–Trinajstić information content (AvgIpc) is 3.52. The number of thiophene rings is 1. The Morgan fingerprint density at radius 1 is 0.487 bits per heavy atom. The Bertz CT molecular complexity index is 2190. The first-order valence-electron chi connectivity index (χ1n) is 13.4. The Kier molecular flexibility index (Phi) is 4.98. The molecule has 0 bridgehead atoms. The molecule has 8 aromatic rings. The van der Waals surface area contributed by atoms with Crippen molar-refractivity contribution >= 4 is 53.3 Å². The second-order valence-electron chi connectivity index (χ2n) is 10.2. The van der Waals surface area contributed by atoms with Gasteiger partial charge in [0.15, 0.2) is 0 Å². The molecular weight excluding hydrogens is 490 g/mol. The third-order valence-corrected chi connectivity index (χ3v) is 9.00. The van der Waals surface area contributed by atoms with E-state index in [4.69, 9.17) is 0 Å². The molecule has 6 aromatic carbocycles. The minimum absolute atomic E-state index is 1.20. The maximum Gasteiger partial charge on any atom is 0.0543 e. The van der Waals surface area contributed by atoms with E-state index in [-0.39, 0.29) is 0 Å². The molecule has 0 radical (unpaired) electrons. The molecule has 0 unspecified atom stereocenters. The highest BCUT2D eigenvalue weighted by molar-refractivity contribution is 7.25. The van der Waals surface area contributed by atoms with E-state index in [1.165, 1.54) is 75.5 Å². The van der Waals surface area contributed by atoms with Crippen molar-refractivity contribution in [2.24, 2.45) is 0 Å².